The monoisotopic (exact) mass is 292 g/mol. The molecule has 102 valence electrons. The summed E-state index contributed by atoms with van der Waals surface area (Å²) in [7, 11) is 1.66. The van der Waals surface area contributed by atoms with Gasteiger partial charge in [-0.3, -0.25) is 4.68 Å². The van der Waals surface area contributed by atoms with Crippen molar-refractivity contribution < 1.29 is 13.2 Å². The van der Waals surface area contributed by atoms with Crippen molar-refractivity contribution in [3.8, 4) is 0 Å². The largest absolute Gasteiger partial charge is 0.375 e. The summed E-state index contributed by atoms with van der Waals surface area (Å²) in [5.74, 6) is 0. The fourth-order valence-corrected chi connectivity index (χ4v) is 3.27. The van der Waals surface area contributed by atoms with Crippen LogP contribution in [-0.4, -0.2) is 24.8 Å². The van der Waals surface area contributed by atoms with Gasteiger partial charge < -0.3 is 4.74 Å². The van der Waals surface area contributed by atoms with Gasteiger partial charge in [-0.2, -0.15) is 5.10 Å². The molecule has 1 heterocycles. The molecule has 0 saturated heterocycles. The molecule has 1 aromatic rings. The van der Waals surface area contributed by atoms with Crippen molar-refractivity contribution in [1.82, 2.24) is 9.78 Å². The molecule has 7 heteroatoms. The minimum absolute atomic E-state index is 0.0736. The lowest BCUT2D eigenvalue weighted by Gasteiger charge is -2.08. The first-order valence-corrected chi connectivity index (χ1v) is 8.43. The summed E-state index contributed by atoms with van der Waals surface area (Å²) in [4.78, 5) is 0.0736. The number of rotatable bonds is 5. The molecule has 0 amide bonds. The van der Waals surface area contributed by atoms with Crippen molar-refractivity contribution in [3.05, 3.63) is 11.9 Å². The fraction of sp³-hybridized carbons (Fsp3) is 0.727. The summed E-state index contributed by atoms with van der Waals surface area (Å²) in [6, 6.07) is 0.289. The Balaban J connectivity index is 2.30. The minimum Gasteiger partial charge on any atom is -0.375 e. The van der Waals surface area contributed by atoms with Crippen LogP contribution in [0.15, 0.2) is 11.1 Å². The van der Waals surface area contributed by atoms with Crippen LogP contribution in [0.2, 0.25) is 0 Å². The van der Waals surface area contributed by atoms with E-state index >= 15 is 0 Å². The smallest absolute Gasteiger partial charge is 0.264 e. The number of nitrogens with zero attached hydrogens (tertiary/aromatic N) is 2. The van der Waals surface area contributed by atoms with Gasteiger partial charge in [-0.05, 0) is 19.8 Å². The third-order valence-electron chi connectivity index (χ3n) is 3.17. The Labute approximate surface area is 111 Å². The zero-order valence-electron chi connectivity index (χ0n) is 10.3. The minimum atomic E-state index is -3.76. The standard InChI is InChI=1S/C11H17ClN2O3S/c1-2-17-8-10-11(18(12,15)16)7-14(13-10)9-5-3-4-6-9/h7,9H,2-6,8H2,1H3. The van der Waals surface area contributed by atoms with Crippen LogP contribution in [0.3, 0.4) is 0 Å². The van der Waals surface area contributed by atoms with E-state index in [2.05, 4.69) is 5.10 Å². The molecular formula is C11H17ClN2O3S. The van der Waals surface area contributed by atoms with Gasteiger partial charge in [0.15, 0.2) is 0 Å². The first kappa shape index (κ1) is 13.8. The van der Waals surface area contributed by atoms with Crippen LogP contribution in [0, 0.1) is 0 Å². The van der Waals surface area contributed by atoms with Crippen LogP contribution in [0.1, 0.15) is 44.3 Å². The highest BCUT2D eigenvalue weighted by molar-refractivity contribution is 8.13. The molecular weight excluding hydrogens is 276 g/mol. The summed E-state index contributed by atoms with van der Waals surface area (Å²) in [6.07, 6.45) is 5.93. The number of ether oxygens (including phenoxy) is 1. The first-order chi connectivity index (χ1) is 8.52. The van der Waals surface area contributed by atoms with Gasteiger partial charge >= 0.3 is 0 Å². The molecule has 0 unspecified atom stereocenters. The van der Waals surface area contributed by atoms with Crippen LogP contribution in [0.4, 0.5) is 0 Å². The predicted molar refractivity (Wildman–Crippen MR) is 68.1 cm³/mol. The molecule has 1 saturated carbocycles. The summed E-state index contributed by atoms with van der Waals surface area (Å²) < 4.78 is 30.0. The van der Waals surface area contributed by atoms with Crippen LogP contribution in [-0.2, 0) is 20.4 Å². The van der Waals surface area contributed by atoms with Gasteiger partial charge in [0.05, 0.1) is 12.6 Å². The van der Waals surface area contributed by atoms with Crippen LogP contribution < -0.4 is 0 Å². The molecule has 0 N–H and O–H groups in total. The van der Waals surface area contributed by atoms with E-state index < -0.39 is 9.05 Å². The maximum atomic E-state index is 11.5. The lowest BCUT2D eigenvalue weighted by atomic mass is 10.3. The van der Waals surface area contributed by atoms with Gasteiger partial charge in [-0.1, -0.05) is 12.8 Å². The Bertz CT molecular complexity index is 506. The molecule has 0 aliphatic heterocycles. The van der Waals surface area contributed by atoms with E-state index in [0.717, 1.165) is 25.7 Å². The number of aromatic nitrogens is 2. The fourth-order valence-electron chi connectivity index (χ4n) is 2.27. The molecule has 5 nitrogen and oxygen atoms in total. The maximum Gasteiger partial charge on any atom is 0.264 e. The maximum absolute atomic E-state index is 11.5. The van der Waals surface area contributed by atoms with Gasteiger partial charge in [-0.15, -0.1) is 0 Å². The lowest BCUT2D eigenvalue weighted by Crippen LogP contribution is -2.06. The molecule has 0 spiro atoms. The molecule has 1 fully saturated rings. The zero-order chi connectivity index (χ0) is 13.2. The molecule has 0 bridgehead atoms. The Hall–Kier alpha value is -0.590. The molecule has 1 aliphatic rings. The van der Waals surface area contributed by atoms with Gasteiger partial charge in [-0.25, -0.2) is 8.42 Å². The van der Waals surface area contributed by atoms with E-state index in [-0.39, 0.29) is 17.5 Å². The van der Waals surface area contributed by atoms with E-state index in [1.807, 2.05) is 6.92 Å². The first-order valence-electron chi connectivity index (χ1n) is 6.12. The molecule has 2 rings (SSSR count). The predicted octanol–water partition coefficient (Wildman–Crippen LogP) is 2.46. The highest BCUT2D eigenvalue weighted by atomic mass is 35.7. The average Bonchev–Trinajstić information content (AvgIpc) is 2.93. The lowest BCUT2D eigenvalue weighted by molar-refractivity contribution is 0.129. The second-order valence-electron chi connectivity index (χ2n) is 4.43. The van der Waals surface area contributed by atoms with Crippen molar-refractivity contribution in [1.29, 1.82) is 0 Å². The van der Waals surface area contributed by atoms with Crippen molar-refractivity contribution in [2.24, 2.45) is 0 Å². The second kappa shape index (κ2) is 5.59. The summed E-state index contributed by atoms with van der Waals surface area (Å²) in [5.41, 5.74) is 0.402. The highest BCUT2D eigenvalue weighted by Gasteiger charge is 2.24. The third kappa shape index (κ3) is 3.05. The van der Waals surface area contributed by atoms with Crippen LogP contribution >= 0.6 is 10.7 Å². The number of hydrogen-bond donors (Lipinski definition) is 0. The molecule has 18 heavy (non-hydrogen) atoms. The van der Waals surface area contributed by atoms with E-state index in [1.54, 1.807) is 4.68 Å². The summed E-state index contributed by atoms with van der Waals surface area (Å²) >= 11 is 0. The van der Waals surface area contributed by atoms with Gasteiger partial charge in [0.25, 0.3) is 9.05 Å². The molecule has 0 atom stereocenters. The average molecular weight is 293 g/mol. The third-order valence-corrected chi connectivity index (χ3v) is 4.54. The normalized spacial score (nSPS) is 17.4. The Kier molecular flexibility index (Phi) is 4.29. The van der Waals surface area contributed by atoms with E-state index in [0.29, 0.717) is 12.3 Å². The summed E-state index contributed by atoms with van der Waals surface area (Å²) in [5, 5.41) is 4.32. The number of hydrogen-bond acceptors (Lipinski definition) is 4. The Morgan fingerprint density at radius 1 is 1.50 bits per heavy atom. The zero-order valence-corrected chi connectivity index (χ0v) is 11.9. The molecule has 1 aliphatic carbocycles. The Morgan fingerprint density at radius 2 is 2.17 bits per heavy atom. The van der Waals surface area contributed by atoms with Gasteiger partial charge in [0, 0.05) is 23.5 Å². The number of halogens is 1. The van der Waals surface area contributed by atoms with Crippen LogP contribution in [0.25, 0.3) is 0 Å². The molecule has 1 aromatic heterocycles. The van der Waals surface area contributed by atoms with E-state index in [9.17, 15) is 8.42 Å². The highest BCUT2D eigenvalue weighted by Crippen LogP contribution is 2.31. The molecule has 0 aromatic carbocycles. The SMILES string of the molecule is CCOCc1nn(C2CCCC2)cc1S(=O)(=O)Cl. The van der Waals surface area contributed by atoms with Crippen molar-refractivity contribution in [3.63, 3.8) is 0 Å². The van der Waals surface area contributed by atoms with Crippen molar-refractivity contribution in [2.45, 2.75) is 50.2 Å². The Morgan fingerprint density at radius 3 is 2.72 bits per heavy atom. The van der Waals surface area contributed by atoms with E-state index in [1.165, 1.54) is 6.20 Å². The van der Waals surface area contributed by atoms with Gasteiger partial charge in [0.1, 0.15) is 10.6 Å². The van der Waals surface area contributed by atoms with Crippen LogP contribution in [0.5, 0.6) is 0 Å². The topological polar surface area (TPSA) is 61.2 Å². The molecule has 0 radical (unpaired) electrons. The van der Waals surface area contributed by atoms with Gasteiger partial charge in [0.2, 0.25) is 0 Å². The van der Waals surface area contributed by atoms with Crippen molar-refractivity contribution >= 4 is 19.7 Å². The van der Waals surface area contributed by atoms with Crippen molar-refractivity contribution in [2.75, 3.05) is 6.61 Å². The second-order valence-corrected chi connectivity index (χ2v) is 6.97. The summed E-state index contributed by atoms with van der Waals surface area (Å²) in [6.45, 7) is 2.54. The quantitative estimate of drug-likeness (QED) is 0.782. The van der Waals surface area contributed by atoms with E-state index in [4.69, 9.17) is 15.4 Å².